The Hall–Kier alpha value is -2.60. The first-order chi connectivity index (χ1) is 8.73. The van der Waals surface area contributed by atoms with Crippen molar-refractivity contribution >= 4 is 11.9 Å². The molecule has 6 heteroatoms. The summed E-state index contributed by atoms with van der Waals surface area (Å²) in [5.74, 6) is -1.63. The van der Waals surface area contributed by atoms with E-state index in [1.54, 1.807) is 26.0 Å². The summed E-state index contributed by atoms with van der Waals surface area (Å²) in [6, 6.07) is 3.14. The Morgan fingerprint density at radius 1 is 1.00 bits per heavy atom. The van der Waals surface area contributed by atoms with Gasteiger partial charge >= 0.3 is 11.9 Å². The molecule has 0 unspecified atom stereocenters. The molecule has 0 N–H and O–H groups in total. The molecule has 0 saturated heterocycles. The van der Waals surface area contributed by atoms with E-state index in [4.69, 9.17) is 20.0 Å². The molecule has 100 valence electrons. The molecule has 0 aromatic heterocycles. The Balaban J connectivity index is 4.28. The minimum atomic E-state index is -0.816. The van der Waals surface area contributed by atoms with Gasteiger partial charge in [-0.3, -0.25) is 0 Å². The smallest absolute Gasteiger partial charge is 0.348 e. The Morgan fingerprint density at radius 2 is 1.32 bits per heavy atom. The first kappa shape index (κ1) is 16.4. The highest BCUT2D eigenvalue weighted by molar-refractivity contribution is 5.92. The maximum Gasteiger partial charge on any atom is 0.348 e. The van der Waals surface area contributed by atoms with E-state index < -0.39 is 17.4 Å². The molecule has 0 amide bonds. The monoisotopic (exact) mass is 262 g/mol. The lowest BCUT2D eigenvalue weighted by molar-refractivity contribution is -0.147. The minimum Gasteiger partial charge on any atom is -0.461 e. The van der Waals surface area contributed by atoms with Crippen molar-refractivity contribution in [3.05, 3.63) is 24.3 Å². The number of nitrogens with zero attached hydrogens (tertiary/aromatic N) is 2. The molecule has 0 atom stereocenters. The fraction of sp³-hybridized carbons (Fsp3) is 0.385. The van der Waals surface area contributed by atoms with Crippen LogP contribution in [0.25, 0.3) is 0 Å². The predicted octanol–water partition coefficient (Wildman–Crippen LogP) is 1.26. The van der Waals surface area contributed by atoms with Gasteiger partial charge in [-0.2, -0.15) is 10.5 Å². The third-order valence-corrected chi connectivity index (χ3v) is 1.95. The summed E-state index contributed by atoms with van der Waals surface area (Å²) in [6.07, 6.45) is 0. The largest absolute Gasteiger partial charge is 0.461 e. The van der Waals surface area contributed by atoms with E-state index in [0.29, 0.717) is 0 Å². The number of rotatable bonds is 6. The van der Waals surface area contributed by atoms with Crippen LogP contribution < -0.4 is 0 Å². The zero-order valence-corrected chi connectivity index (χ0v) is 10.9. The predicted molar refractivity (Wildman–Crippen MR) is 65.2 cm³/mol. The highest BCUT2D eigenvalue weighted by Gasteiger charge is 2.24. The van der Waals surface area contributed by atoms with Crippen LogP contribution in [0.15, 0.2) is 24.3 Å². The van der Waals surface area contributed by atoms with E-state index in [9.17, 15) is 9.59 Å². The van der Waals surface area contributed by atoms with Gasteiger partial charge in [0.05, 0.1) is 0 Å². The number of hydrogen-bond donors (Lipinski definition) is 0. The maximum absolute atomic E-state index is 11.2. The van der Waals surface area contributed by atoms with Crippen LogP contribution in [0.5, 0.6) is 0 Å². The van der Waals surface area contributed by atoms with Crippen LogP contribution in [0.1, 0.15) is 13.8 Å². The third kappa shape index (κ3) is 6.04. The van der Waals surface area contributed by atoms with Crippen LogP contribution in [-0.4, -0.2) is 25.2 Å². The van der Waals surface area contributed by atoms with Gasteiger partial charge in [-0.1, -0.05) is 27.0 Å². The summed E-state index contributed by atoms with van der Waals surface area (Å²) in [4.78, 5) is 22.4. The normalized spacial score (nSPS) is 9.68. The van der Waals surface area contributed by atoms with Gasteiger partial charge in [-0.05, 0) is 0 Å². The second-order valence-corrected chi connectivity index (χ2v) is 4.50. The van der Waals surface area contributed by atoms with Crippen molar-refractivity contribution < 1.29 is 19.1 Å². The molecule has 0 bridgehead atoms. The zero-order chi connectivity index (χ0) is 15.1. The van der Waals surface area contributed by atoms with E-state index in [-0.39, 0.29) is 24.4 Å². The Bertz CT molecular complexity index is 448. The molecule has 19 heavy (non-hydrogen) atoms. The molecule has 0 aromatic rings. The average Bonchev–Trinajstić information content (AvgIpc) is 2.40. The van der Waals surface area contributed by atoms with E-state index >= 15 is 0 Å². The molecule has 0 aliphatic heterocycles. The van der Waals surface area contributed by atoms with Crippen molar-refractivity contribution in [1.29, 1.82) is 10.5 Å². The fourth-order valence-electron chi connectivity index (χ4n) is 0.829. The van der Waals surface area contributed by atoms with Crippen molar-refractivity contribution in [2.45, 2.75) is 13.8 Å². The molecule has 0 rings (SSSR count). The lowest BCUT2D eigenvalue weighted by atomic mass is 9.96. The molecule has 0 saturated carbocycles. The van der Waals surface area contributed by atoms with Crippen LogP contribution in [0.2, 0.25) is 0 Å². The van der Waals surface area contributed by atoms with Crippen molar-refractivity contribution in [2.24, 2.45) is 5.41 Å². The Kier molecular flexibility index (Phi) is 6.02. The minimum absolute atomic E-state index is 0.0567. The summed E-state index contributed by atoms with van der Waals surface area (Å²) < 4.78 is 9.68. The summed E-state index contributed by atoms with van der Waals surface area (Å²) >= 11 is 0. The standard InChI is InChI=1S/C13H14N2O4/c1-9(5-14)11(16)18-7-13(3,4)8-19-12(17)10(2)6-15/h1-2,7-8H2,3-4H3. The number of esters is 2. The van der Waals surface area contributed by atoms with Gasteiger partial charge in [0.2, 0.25) is 0 Å². The average molecular weight is 262 g/mol. The molecule has 0 fully saturated rings. The Labute approximate surface area is 111 Å². The number of ether oxygens (including phenoxy) is 2. The van der Waals surface area contributed by atoms with Crippen molar-refractivity contribution in [3.63, 3.8) is 0 Å². The first-order valence-corrected chi connectivity index (χ1v) is 5.26. The number of hydrogen-bond acceptors (Lipinski definition) is 6. The molecular formula is C13H14N2O4. The Morgan fingerprint density at radius 3 is 1.58 bits per heavy atom. The van der Waals surface area contributed by atoms with E-state index in [0.717, 1.165) is 0 Å². The number of nitriles is 2. The van der Waals surface area contributed by atoms with E-state index in [1.807, 2.05) is 0 Å². The lowest BCUT2D eigenvalue weighted by Crippen LogP contribution is -2.29. The lowest BCUT2D eigenvalue weighted by Gasteiger charge is -2.23. The molecule has 0 radical (unpaired) electrons. The molecule has 0 heterocycles. The quantitative estimate of drug-likeness (QED) is 0.406. The van der Waals surface area contributed by atoms with E-state index in [2.05, 4.69) is 13.2 Å². The van der Waals surface area contributed by atoms with Gasteiger partial charge < -0.3 is 9.47 Å². The second-order valence-electron chi connectivity index (χ2n) is 4.50. The van der Waals surface area contributed by atoms with Crippen LogP contribution in [0.3, 0.4) is 0 Å². The molecule has 0 aliphatic carbocycles. The van der Waals surface area contributed by atoms with Crippen LogP contribution in [0.4, 0.5) is 0 Å². The highest BCUT2D eigenvalue weighted by Crippen LogP contribution is 2.17. The number of carbonyl (C=O) groups excluding carboxylic acids is 2. The molecular weight excluding hydrogens is 248 g/mol. The topological polar surface area (TPSA) is 100 Å². The van der Waals surface area contributed by atoms with Crippen molar-refractivity contribution in [1.82, 2.24) is 0 Å². The van der Waals surface area contributed by atoms with Crippen molar-refractivity contribution in [3.8, 4) is 12.1 Å². The zero-order valence-electron chi connectivity index (χ0n) is 10.9. The molecule has 0 aliphatic rings. The molecule has 0 aromatic carbocycles. The number of carbonyl (C=O) groups is 2. The SMILES string of the molecule is C=C(C#N)C(=O)OCC(C)(C)COC(=O)C(=C)C#N. The van der Waals surface area contributed by atoms with Gasteiger partial charge in [-0.25, -0.2) is 9.59 Å². The highest BCUT2D eigenvalue weighted by atomic mass is 16.5. The fourth-order valence-corrected chi connectivity index (χ4v) is 0.829. The summed E-state index contributed by atoms with van der Waals surface area (Å²) in [7, 11) is 0. The van der Waals surface area contributed by atoms with Gasteiger partial charge in [0.25, 0.3) is 0 Å². The van der Waals surface area contributed by atoms with Crippen LogP contribution in [0, 0.1) is 28.1 Å². The van der Waals surface area contributed by atoms with Gasteiger partial charge in [0.1, 0.15) is 36.5 Å². The van der Waals surface area contributed by atoms with Gasteiger partial charge in [0.15, 0.2) is 0 Å². The van der Waals surface area contributed by atoms with Crippen LogP contribution in [-0.2, 0) is 19.1 Å². The van der Waals surface area contributed by atoms with E-state index in [1.165, 1.54) is 0 Å². The molecule has 0 spiro atoms. The maximum atomic E-state index is 11.2. The second kappa shape index (κ2) is 6.97. The molecule has 6 nitrogen and oxygen atoms in total. The summed E-state index contributed by atoms with van der Waals surface area (Å²) in [6.45, 7) is 9.70. The first-order valence-electron chi connectivity index (χ1n) is 5.26. The third-order valence-electron chi connectivity index (χ3n) is 1.95. The summed E-state index contributed by atoms with van der Waals surface area (Å²) in [5.41, 5.74) is -1.26. The summed E-state index contributed by atoms with van der Waals surface area (Å²) in [5, 5.41) is 16.9. The van der Waals surface area contributed by atoms with Crippen LogP contribution >= 0.6 is 0 Å². The van der Waals surface area contributed by atoms with Gasteiger partial charge in [0, 0.05) is 5.41 Å². The van der Waals surface area contributed by atoms with Gasteiger partial charge in [-0.15, -0.1) is 0 Å². The van der Waals surface area contributed by atoms with Crippen molar-refractivity contribution in [2.75, 3.05) is 13.2 Å².